The predicted molar refractivity (Wildman–Crippen MR) is 92.1 cm³/mol. The third kappa shape index (κ3) is 2.81. The zero-order chi connectivity index (χ0) is 16.6. The smallest absolute Gasteiger partial charge is 0.330 e. The van der Waals surface area contributed by atoms with Gasteiger partial charge in [0.25, 0.3) is 0 Å². The second kappa shape index (κ2) is 6.92. The van der Waals surface area contributed by atoms with Crippen LogP contribution in [0, 0.1) is 11.6 Å². The number of hydrogen-bond donors (Lipinski definition) is 1. The van der Waals surface area contributed by atoms with E-state index in [-0.39, 0.29) is 24.6 Å². The Hall–Kier alpha value is -1.90. The quantitative estimate of drug-likeness (QED) is 0.893. The molecule has 130 valence electrons. The molecule has 0 unspecified atom stereocenters. The first-order chi connectivity index (χ1) is 11.0. The highest BCUT2D eigenvalue weighted by Gasteiger charge is 2.42. The van der Waals surface area contributed by atoms with Crippen LogP contribution in [0.1, 0.15) is 6.42 Å². The molecular formula is C15H16ClF2N3O2S. The van der Waals surface area contributed by atoms with Gasteiger partial charge in [-0.3, -0.25) is 4.31 Å². The largest absolute Gasteiger partial charge is 0.331 e. The average Bonchev–Trinajstić information content (AvgIpc) is 2.73. The lowest BCUT2D eigenvalue weighted by Gasteiger charge is -2.22. The number of hydrogen-bond acceptors (Lipinski definition) is 3. The topological polar surface area (TPSA) is 66.6 Å². The van der Waals surface area contributed by atoms with E-state index in [2.05, 4.69) is 0 Å². The number of nitrogens with two attached hydrogens (primary N) is 1. The van der Waals surface area contributed by atoms with Gasteiger partial charge >= 0.3 is 10.2 Å². The number of fused-ring (bicyclic) bond motifs is 1. The molecule has 0 spiro atoms. The SMILES string of the molecule is Cl.NCCCN1c2ccccc2N(c2c(F)cccc2F)S1(=O)=O. The van der Waals surface area contributed by atoms with Crippen LogP contribution in [-0.2, 0) is 10.2 Å². The van der Waals surface area contributed by atoms with Gasteiger partial charge in [0.05, 0.1) is 11.4 Å². The van der Waals surface area contributed by atoms with E-state index in [1.165, 1.54) is 12.1 Å². The van der Waals surface area contributed by atoms with E-state index in [1.54, 1.807) is 18.2 Å². The summed E-state index contributed by atoms with van der Waals surface area (Å²) in [6.45, 7) is 0.449. The highest BCUT2D eigenvalue weighted by molar-refractivity contribution is 7.95. The fourth-order valence-electron chi connectivity index (χ4n) is 2.58. The van der Waals surface area contributed by atoms with Crippen LogP contribution in [0.25, 0.3) is 0 Å². The molecular weight excluding hydrogens is 360 g/mol. The van der Waals surface area contributed by atoms with Gasteiger partial charge < -0.3 is 5.73 Å². The van der Waals surface area contributed by atoms with Crippen molar-refractivity contribution in [3.8, 4) is 0 Å². The minimum absolute atomic E-state index is 0. The summed E-state index contributed by atoms with van der Waals surface area (Å²) in [4.78, 5) is 0. The summed E-state index contributed by atoms with van der Waals surface area (Å²) in [6.07, 6.45) is 0.432. The molecule has 2 N–H and O–H groups in total. The molecule has 2 aromatic rings. The summed E-state index contributed by atoms with van der Waals surface area (Å²) in [5, 5.41) is 0. The van der Waals surface area contributed by atoms with Gasteiger partial charge in [0.1, 0.15) is 5.69 Å². The van der Waals surface area contributed by atoms with Crippen molar-refractivity contribution in [2.75, 3.05) is 21.7 Å². The third-order valence-electron chi connectivity index (χ3n) is 3.58. The maximum atomic E-state index is 14.1. The fourth-order valence-corrected chi connectivity index (χ4v) is 4.35. The Bertz CT molecular complexity index is 828. The van der Waals surface area contributed by atoms with Crippen LogP contribution in [0.5, 0.6) is 0 Å². The standard InChI is InChI=1S/C15H15F2N3O2S.ClH/c16-11-5-3-6-12(17)15(11)20-14-8-2-1-7-13(14)19(10-4-9-18)23(20,21)22;/h1-3,5-8H,4,9-10,18H2;1H. The molecule has 1 heterocycles. The summed E-state index contributed by atoms with van der Waals surface area (Å²) in [6, 6.07) is 9.65. The zero-order valence-electron chi connectivity index (χ0n) is 12.5. The van der Waals surface area contributed by atoms with Gasteiger partial charge in [-0.2, -0.15) is 8.42 Å². The molecule has 24 heavy (non-hydrogen) atoms. The minimum atomic E-state index is -4.13. The molecule has 0 atom stereocenters. The minimum Gasteiger partial charge on any atom is -0.330 e. The number of benzene rings is 2. The molecule has 0 bridgehead atoms. The van der Waals surface area contributed by atoms with Crippen molar-refractivity contribution in [2.45, 2.75) is 6.42 Å². The van der Waals surface area contributed by atoms with Gasteiger partial charge in [0.15, 0.2) is 11.6 Å². The van der Waals surface area contributed by atoms with Crippen molar-refractivity contribution < 1.29 is 17.2 Å². The molecule has 2 aromatic carbocycles. The van der Waals surface area contributed by atoms with Crippen molar-refractivity contribution in [2.24, 2.45) is 5.73 Å². The molecule has 5 nitrogen and oxygen atoms in total. The summed E-state index contributed by atoms with van der Waals surface area (Å²) < 4.78 is 55.8. The van der Waals surface area contributed by atoms with Crippen LogP contribution in [0.4, 0.5) is 25.8 Å². The van der Waals surface area contributed by atoms with Gasteiger partial charge in [0, 0.05) is 6.54 Å². The number of nitrogens with zero attached hydrogens (tertiary/aromatic N) is 2. The summed E-state index contributed by atoms with van der Waals surface area (Å²) in [5.74, 6) is -1.88. The third-order valence-corrected chi connectivity index (χ3v) is 5.36. The van der Waals surface area contributed by atoms with Crippen molar-refractivity contribution in [3.05, 3.63) is 54.1 Å². The first-order valence-electron chi connectivity index (χ1n) is 7.04. The fraction of sp³-hybridized carbons (Fsp3) is 0.200. The lowest BCUT2D eigenvalue weighted by molar-refractivity contribution is 0.574. The van der Waals surface area contributed by atoms with Crippen LogP contribution in [-0.4, -0.2) is 21.5 Å². The maximum absolute atomic E-state index is 14.1. The molecule has 0 amide bonds. The van der Waals surface area contributed by atoms with Gasteiger partial charge in [-0.25, -0.2) is 13.1 Å². The van der Waals surface area contributed by atoms with Gasteiger partial charge in [0.2, 0.25) is 0 Å². The Balaban J connectivity index is 0.00000208. The van der Waals surface area contributed by atoms with E-state index in [0.717, 1.165) is 16.4 Å². The zero-order valence-corrected chi connectivity index (χ0v) is 14.2. The van der Waals surface area contributed by atoms with E-state index in [0.29, 0.717) is 23.0 Å². The molecule has 1 aliphatic rings. The molecule has 3 rings (SSSR count). The van der Waals surface area contributed by atoms with Crippen LogP contribution >= 0.6 is 12.4 Å². The Morgan fingerprint density at radius 1 is 0.958 bits per heavy atom. The van der Waals surface area contributed by atoms with Gasteiger partial charge in [-0.05, 0) is 37.2 Å². The summed E-state index contributed by atoms with van der Waals surface area (Å²) >= 11 is 0. The monoisotopic (exact) mass is 375 g/mol. The highest BCUT2D eigenvalue weighted by atomic mass is 35.5. The van der Waals surface area contributed by atoms with E-state index in [9.17, 15) is 17.2 Å². The van der Waals surface area contributed by atoms with Gasteiger partial charge in [-0.1, -0.05) is 18.2 Å². The average molecular weight is 376 g/mol. The lowest BCUT2D eigenvalue weighted by atomic mass is 10.2. The first kappa shape index (κ1) is 18.4. The Morgan fingerprint density at radius 2 is 1.54 bits per heavy atom. The summed E-state index contributed by atoms with van der Waals surface area (Å²) in [7, 11) is -4.13. The van der Waals surface area contributed by atoms with Crippen molar-refractivity contribution in [3.63, 3.8) is 0 Å². The molecule has 0 saturated heterocycles. The number of halogens is 3. The normalized spacial score (nSPS) is 15.1. The number of para-hydroxylation sites is 3. The predicted octanol–water partition coefficient (Wildman–Crippen LogP) is 2.94. The Kier molecular flexibility index (Phi) is 5.32. The van der Waals surface area contributed by atoms with E-state index < -0.39 is 27.5 Å². The molecule has 1 aliphatic heterocycles. The maximum Gasteiger partial charge on any atom is 0.331 e. The highest BCUT2D eigenvalue weighted by Crippen LogP contribution is 2.46. The van der Waals surface area contributed by atoms with Crippen molar-refractivity contribution in [1.82, 2.24) is 0 Å². The van der Waals surface area contributed by atoms with Crippen LogP contribution < -0.4 is 14.3 Å². The Morgan fingerprint density at radius 3 is 2.12 bits per heavy atom. The van der Waals surface area contributed by atoms with Gasteiger partial charge in [-0.15, -0.1) is 12.4 Å². The van der Waals surface area contributed by atoms with Crippen molar-refractivity contribution in [1.29, 1.82) is 0 Å². The van der Waals surface area contributed by atoms with Crippen molar-refractivity contribution >= 4 is 39.7 Å². The lowest BCUT2D eigenvalue weighted by Crippen LogP contribution is -2.37. The second-order valence-electron chi connectivity index (χ2n) is 5.05. The van der Waals surface area contributed by atoms with Crippen LogP contribution in [0.3, 0.4) is 0 Å². The number of rotatable bonds is 4. The molecule has 0 saturated carbocycles. The molecule has 9 heteroatoms. The van der Waals surface area contributed by atoms with Crippen LogP contribution in [0.15, 0.2) is 42.5 Å². The summed E-state index contributed by atoms with van der Waals surface area (Å²) in [5.41, 5.74) is 5.45. The van der Waals surface area contributed by atoms with E-state index >= 15 is 0 Å². The van der Waals surface area contributed by atoms with Crippen LogP contribution in [0.2, 0.25) is 0 Å². The molecule has 0 aliphatic carbocycles. The van der Waals surface area contributed by atoms with E-state index in [4.69, 9.17) is 5.73 Å². The van der Waals surface area contributed by atoms with E-state index in [1.807, 2.05) is 0 Å². The number of anilines is 3. The molecule has 0 aromatic heterocycles. The Labute approximate surface area is 145 Å². The first-order valence-corrected chi connectivity index (χ1v) is 8.44. The molecule has 0 fully saturated rings. The second-order valence-corrected chi connectivity index (χ2v) is 6.75. The molecule has 0 radical (unpaired) electrons.